The number of benzene rings is 2. The number of aliphatic hydroxyl groups excluding tert-OH is 1. The van der Waals surface area contributed by atoms with Crippen molar-refractivity contribution in [1.29, 1.82) is 0 Å². The fourth-order valence-corrected chi connectivity index (χ4v) is 4.26. The van der Waals surface area contributed by atoms with Crippen LogP contribution < -0.4 is 4.74 Å². The van der Waals surface area contributed by atoms with Gasteiger partial charge in [0.1, 0.15) is 5.75 Å². The van der Waals surface area contributed by atoms with Gasteiger partial charge >= 0.3 is 0 Å². The largest absolute Gasteiger partial charge is 0.494 e. The minimum atomic E-state index is -0.826. The van der Waals surface area contributed by atoms with Crippen molar-refractivity contribution < 1.29 is 19.3 Å². The summed E-state index contributed by atoms with van der Waals surface area (Å²) in [5, 5.41) is 10.3. The van der Waals surface area contributed by atoms with E-state index in [1.165, 1.54) is 16.7 Å². The van der Waals surface area contributed by atoms with Gasteiger partial charge in [-0.2, -0.15) is 0 Å². The second-order valence-corrected chi connectivity index (χ2v) is 8.05. The second-order valence-electron chi connectivity index (χ2n) is 8.05. The zero-order valence-corrected chi connectivity index (χ0v) is 16.3. The molecule has 144 valence electrons. The first kappa shape index (κ1) is 18.5. The van der Waals surface area contributed by atoms with E-state index in [4.69, 9.17) is 14.2 Å². The van der Waals surface area contributed by atoms with Crippen LogP contribution in [0.1, 0.15) is 48.9 Å². The number of fused-ring (bicyclic) bond motifs is 2. The summed E-state index contributed by atoms with van der Waals surface area (Å²) in [6.07, 6.45) is 1.54. The molecule has 27 heavy (non-hydrogen) atoms. The Hall–Kier alpha value is -1.88. The standard InChI is InChI=1S/C23H28O4/c1-4-25-21-9-6-17(7-10-21)11-18-12-19(8-5-16(18)2)23-14-20(24)13-22(3,27-23)15-26-23/h5-10,12,20,24H,4,11,13-15H2,1-3H3/t20?,22-,23-/m1/s1. The highest BCUT2D eigenvalue weighted by molar-refractivity contribution is 5.39. The number of aryl methyl sites for hydroxylation is 1. The number of ether oxygens (including phenoxy) is 3. The smallest absolute Gasteiger partial charge is 0.198 e. The highest BCUT2D eigenvalue weighted by Crippen LogP contribution is 2.49. The lowest BCUT2D eigenvalue weighted by molar-refractivity contribution is -0.238. The summed E-state index contributed by atoms with van der Waals surface area (Å²) in [6.45, 7) is 7.33. The second kappa shape index (κ2) is 6.93. The summed E-state index contributed by atoms with van der Waals surface area (Å²) >= 11 is 0. The fourth-order valence-electron chi connectivity index (χ4n) is 4.26. The van der Waals surface area contributed by atoms with Gasteiger partial charge in [0.05, 0.1) is 24.9 Å². The van der Waals surface area contributed by atoms with Gasteiger partial charge in [-0.3, -0.25) is 0 Å². The molecule has 1 unspecified atom stereocenters. The molecule has 0 amide bonds. The SMILES string of the molecule is CCOc1ccc(Cc2cc([C@]34CC(O)C[C@](C)(CO3)O4)ccc2C)cc1. The summed E-state index contributed by atoms with van der Waals surface area (Å²) in [7, 11) is 0. The van der Waals surface area contributed by atoms with Gasteiger partial charge in [0.2, 0.25) is 0 Å². The molecule has 0 spiro atoms. The van der Waals surface area contributed by atoms with Crippen LogP contribution in [0.4, 0.5) is 0 Å². The predicted octanol–water partition coefficient (Wildman–Crippen LogP) is 4.10. The van der Waals surface area contributed by atoms with Crippen LogP contribution in [0.3, 0.4) is 0 Å². The monoisotopic (exact) mass is 368 g/mol. The number of hydrogen-bond donors (Lipinski definition) is 1. The summed E-state index contributed by atoms with van der Waals surface area (Å²) in [6, 6.07) is 14.6. The quantitative estimate of drug-likeness (QED) is 0.863. The van der Waals surface area contributed by atoms with Crippen molar-refractivity contribution in [2.24, 2.45) is 0 Å². The number of hydrogen-bond acceptors (Lipinski definition) is 4. The molecule has 0 radical (unpaired) electrons. The lowest BCUT2D eigenvalue weighted by atomic mass is 9.88. The lowest BCUT2D eigenvalue weighted by Crippen LogP contribution is -2.44. The first-order valence-electron chi connectivity index (χ1n) is 9.75. The van der Waals surface area contributed by atoms with E-state index in [-0.39, 0.29) is 0 Å². The Labute approximate surface area is 161 Å². The maximum atomic E-state index is 10.3. The predicted molar refractivity (Wildman–Crippen MR) is 104 cm³/mol. The van der Waals surface area contributed by atoms with Crippen molar-refractivity contribution in [3.8, 4) is 5.75 Å². The molecule has 4 heteroatoms. The normalized spacial score (nSPS) is 29.7. The van der Waals surface area contributed by atoms with E-state index in [0.29, 0.717) is 26.1 Å². The minimum absolute atomic E-state index is 0.401. The highest BCUT2D eigenvalue weighted by atomic mass is 16.8. The Morgan fingerprint density at radius 2 is 1.93 bits per heavy atom. The lowest BCUT2D eigenvalue weighted by Gasteiger charge is -2.38. The van der Waals surface area contributed by atoms with Gasteiger partial charge in [-0.25, -0.2) is 0 Å². The molecule has 1 N–H and O–H groups in total. The van der Waals surface area contributed by atoms with Crippen molar-refractivity contribution in [3.63, 3.8) is 0 Å². The molecule has 0 aromatic heterocycles. The van der Waals surface area contributed by atoms with Crippen LogP contribution in [0.15, 0.2) is 42.5 Å². The Morgan fingerprint density at radius 1 is 1.15 bits per heavy atom. The van der Waals surface area contributed by atoms with Crippen molar-refractivity contribution >= 4 is 0 Å². The zero-order valence-electron chi connectivity index (χ0n) is 16.3. The van der Waals surface area contributed by atoms with Crippen molar-refractivity contribution in [1.82, 2.24) is 0 Å². The van der Waals surface area contributed by atoms with E-state index in [1.54, 1.807) is 0 Å². The molecule has 2 aromatic carbocycles. The summed E-state index contributed by atoms with van der Waals surface area (Å²) in [5.74, 6) is 0.0714. The van der Waals surface area contributed by atoms with Crippen LogP contribution in [-0.4, -0.2) is 30.0 Å². The maximum Gasteiger partial charge on any atom is 0.198 e. The van der Waals surface area contributed by atoms with Crippen LogP contribution in [0.2, 0.25) is 0 Å². The average molecular weight is 368 g/mol. The van der Waals surface area contributed by atoms with Gasteiger partial charge in [-0.1, -0.05) is 24.3 Å². The molecular weight excluding hydrogens is 340 g/mol. The molecule has 4 rings (SSSR count). The molecule has 2 aliphatic heterocycles. The molecule has 0 aliphatic carbocycles. The Kier molecular flexibility index (Phi) is 4.75. The number of rotatable bonds is 5. The topological polar surface area (TPSA) is 47.9 Å². The van der Waals surface area contributed by atoms with E-state index >= 15 is 0 Å². The van der Waals surface area contributed by atoms with Gasteiger partial charge in [-0.15, -0.1) is 0 Å². The van der Waals surface area contributed by atoms with Crippen LogP contribution in [0, 0.1) is 6.92 Å². The van der Waals surface area contributed by atoms with E-state index < -0.39 is 17.5 Å². The molecule has 2 aliphatic rings. The average Bonchev–Trinajstić information content (AvgIpc) is 2.89. The number of aliphatic hydroxyl groups is 1. The minimum Gasteiger partial charge on any atom is -0.494 e. The third-order valence-electron chi connectivity index (χ3n) is 5.61. The van der Waals surface area contributed by atoms with Gasteiger partial charge in [0.15, 0.2) is 5.79 Å². The molecule has 2 aromatic rings. The Morgan fingerprint density at radius 3 is 2.67 bits per heavy atom. The van der Waals surface area contributed by atoms with Crippen molar-refractivity contribution in [2.75, 3.05) is 13.2 Å². The molecule has 0 saturated carbocycles. The zero-order chi connectivity index (χ0) is 19.1. The van der Waals surface area contributed by atoms with E-state index in [1.807, 2.05) is 26.0 Å². The van der Waals surface area contributed by atoms with E-state index in [9.17, 15) is 5.11 Å². The van der Waals surface area contributed by atoms with Crippen LogP contribution in [-0.2, 0) is 21.7 Å². The Balaban J connectivity index is 1.60. The van der Waals surface area contributed by atoms with E-state index in [0.717, 1.165) is 17.7 Å². The first-order chi connectivity index (χ1) is 12.9. The van der Waals surface area contributed by atoms with Gasteiger partial charge < -0.3 is 19.3 Å². The van der Waals surface area contributed by atoms with Gasteiger partial charge in [0, 0.05) is 18.4 Å². The molecule has 4 nitrogen and oxygen atoms in total. The van der Waals surface area contributed by atoms with E-state index in [2.05, 4.69) is 37.3 Å². The third kappa shape index (κ3) is 3.62. The molecule has 2 saturated heterocycles. The summed E-state index contributed by atoms with van der Waals surface area (Å²) in [5.41, 5.74) is 4.31. The van der Waals surface area contributed by atoms with Gasteiger partial charge in [0.25, 0.3) is 0 Å². The third-order valence-corrected chi connectivity index (χ3v) is 5.61. The maximum absolute atomic E-state index is 10.3. The molecule has 3 atom stereocenters. The van der Waals surface area contributed by atoms with Crippen molar-refractivity contribution in [2.45, 2.75) is 57.5 Å². The van der Waals surface area contributed by atoms with Gasteiger partial charge in [-0.05, 0) is 62.1 Å². The molecule has 2 fully saturated rings. The summed E-state index contributed by atoms with van der Waals surface area (Å²) in [4.78, 5) is 0. The molecule has 2 bridgehead atoms. The fraction of sp³-hybridized carbons (Fsp3) is 0.478. The molecule has 2 heterocycles. The first-order valence-corrected chi connectivity index (χ1v) is 9.75. The van der Waals surface area contributed by atoms with Crippen LogP contribution >= 0.6 is 0 Å². The van der Waals surface area contributed by atoms with Crippen molar-refractivity contribution in [3.05, 3.63) is 64.7 Å². The Bertz CT molecular complexity index is 816. The van der Waals surface area contributed by atoms with Crippen LogP contribution in [0.5, 0.6) is 5.75 Å². The highest BCUT2D eigenvalue weighted by Gasteiger charge is 2.55. The molecular formula is C23H28O4. The summed E-state index contributed by atoms with van der Waals surface area (Å²) < 4.78 is 18.0. The van der Waals surface area contributed by atoms with Crippen LogP contribution in [0.25, 0.3) is 0 Å².